The monoisotopic (exact) mass is 208 g/mol. The topological polar surface area (TPSA) is 66.9 Å². The van der Waals surface area contributed by atoms with Crippen LogP contribution in [0.3, 0.4) is 0 Å². The summed E-state index contributed by atoms with van der Waals surface area (Å²) in [6.07, 6.45) is 1.69. The third-order valence-electron chi connectivity index (χ3n) is 1.84. The first kappa shape index (κ1) is 11.6. The zero-order chi connectivity index (χ0) is 11.1. The third kappa shape index (κ3) is 4.51. The molecule has 5 heteroatoms. The average Bonchev–Trinajstić information content (AvgIpc) is 2.23. The largest absolute Gasteiger partial charge is 0.349 e. The zero-order valence-electron chi connectivity index (χ0n) is 9.08. The lowest BCUT2D eigenvalue weighted by Gasteiger charge is -2.05. The first-order chi connectivity index (χ1) is 7.22. The summed E-state index contributed by atoms with van der Waals surface area (Å²) >= 11 is 0. The standard InChI is InChI=1S/C10H16N4O/c1-3-11-7-10(15)13-6-9-4-5-12-8(2)14-9/h4-5,11H,3,6-7H2,1-2H3,(H,13,15). The van der Waals surface area contributed by atoms with Gasteiger partial charge in [0.05, 0.1) is 18.8 Å². The maximum atomic E-state index is 11.2. The Morgan fingerprint density at radius 3 is 3.00 bits per heavy atom. The van der Waals surface area contributed by atoms with Gasteiger partial charge >= 0.3 is 0 Å². The van der Waals surface area contributed by atoms with E-state index < -0.39 is 0 Å². The van der Waals surface area contributed by atoms with Gasteiger partial charge in [0.1, 0.15) is 5.82 Å². The Labute approximate surface area is 89.3 Å². The van der Waals surface area contributed by atoms with Crippen molar-refractivity contribution >= 4 is 5.91 Å². The normalized spacial score (nSPS) is 10.0. The molecule has 5 nitrogen and oxygen atoms in total. The summed E-state index contributed by atoms with van der Waals surface area (Å²) in [6, 6.07) is 1.79. The summed E-state index contributed by atoms with van der Waals surface area (Å²) in [5.41, 5.74) is 0.826. The van der Waals surface area contributed by atoms with E-state index in [-0.39, 0.29) is 5.91 Å². The number of aromatic nitrogens is 2. The molecule has 1 amide bonds. The van der Waals surface area contributed by atoms with Gasteiger partial charge in [-0.1, -0.05) is 6.92 Å². The van der Waals surface area contributed by atoms with Crippen LogP contribution in [0.25, 0.3) is 0 Å². The van der Waals surface area contributed by atoms with Gasteiger partial charge in [0.25, 0.3) is 0 Å². The molecule has 0 saturated carbocycles. The van der Waals surface area contributed by atoms with E-state index in [2.05, 4.69) is 20.6 Å². The predicted octanol–water partition coefficient (Wildman–Crippen LogP) is 0.0107. The lowest BCUT2D eigenvalue weighted by Crippen LogP contribution is -2.33. The highest BCUT2D eigenvalue weighted by Crippen LogP contribution is 1.93. The molecule has 0 aromatic carbocycles. The van der Waals surface area contributed by atoms with Gasteiger partial charge in [-0.3, -0.25) is 4.79 Å². The van der Waals surface area contributed by atoms with Crippen LogP contribution in [0.2, 0.25) is 0 Å². The summed E-state index contributed by atoms with van der Waals surface area (Å²) in [6.45, 7) is 5.37. The highest BCUT2D eigenvalue weighted by Gasteiger charge is 2.00. The van der Waals surface area contributed by atoms with Crippen LogP contribution >= 0.6 is 0 Å². The van der Waals surface area contributed by atoms with Gasteiger partial charge in [-0.25, -0.2) is 9.97 Å². The van der Waals surface area contributed by atoms with E-state index in [1.807, 2.05) is 13.8 Å². The third-order valence-corrected chi connectivity index (χ3v) is 1.84. The fourth-order valence-corrected chi connectivity index (χ4v) is 1.09. The summed E-state index contributed by atoms with van der Waals surface area (Å²) < 4.78 is 0. The molecule has 0 aliphatic rings. The van der Waals surface area contributed by atoms with Crippen LogP contribution in [0.1, 0.15) is 18.4 Å². The van der Waals surface area contributed by atoms with E-state index in [0.717, 1.165) is 12.2 Å². The average molecular weight is 208 g/mol. The number of hydrogen-bond acceptors (Lipinski definition) is 4. The fourth-order valence-electron chi connectivity index (χ4n) is 1.09. The van der Waals surface area contributed by atoms with Gasteiger partial charge in [-0.2, -0.15) is 0 Å². The minimum Gasteiger partial charge on any atom is -0.349 e. The molecule has 1 aromatic rings. The zero-order valence-corrected chi connectivity index (χ0v) is 9.08. The number of nitrogens with one attached hydrogen (secondary N) is 2. The number of aryl methyl sites for hydroxylation is 1. The molecule has 0 bridgehead atoms. The number of likely N-dealkylation sites (N-methyl/N-ethyl adjacent to an activating group) is 1. The molecule has 0 unspecified atom stereocenters. The fraction of sp³-hybridized carbons (Fsp3) is 0.500. The molecule has 2 N–H and O–H groups in total. The van der Waals surface area contributed by atoms with Crippen molar-refractivity contribution < 1.29 is 4.79 Å². The second kappa shape index (κ2) is 6.08. The minimum absolute atomic E-state index is 0.0203. The molecule has 0 aliphatic heterocycles. The second-order valence-corrected chi connectivity index (χ2v) is 3.15. The Morgan fingerprint density at radius 1 is 1.53 bits per heavy atom. The van der Waals surface area contributed by atoms with Crippen molar-refractivity contribution in [2.75, 3.05) is 13.1 Å². The van der Waals surface area contributed by atoms with Gasteiger partial charge in [-0.15, -0.1) is 0 Å². The molecule has 0 atom stereocenters. The maximum Gasteiger partial charge on any atom is 0.234 e. The van der Waals surface area contributed by atoms with Crippen LogP contribution in [-0.4, -0.2) is 29.0 Å². The van der Waals surface area contributed by atoms with Crippen molar-refractivity contribution in [1.82, 2.24) is 20.6 Å². The van der Waals surface area contributed by atoms with Crippen LogP contribution in [0.15, 0.2) is 12.3 Å². The number of amides is 1. The van der Waals surface area contributed by atoms with Crippen molar-refractivity contribution in [2.24, 2.45) is 0 Å². The lowest BCUT2D eigenvalue weighted by molar-refractivity contribution is -0.120. The highest BCUT2D eigenvalue weighted by molar-refractivity contribution is 5.77. The van der Waals surface area contributed by atoms with Crippen molar-refractivity contribution in [2.45, 2.75) is 20.4 Å². The summed E-state index contributed by atoms with van der Waals surface area (Å²) in [5.74, 6) is 0.696. The smallest absolute Gasteiger partial charge is 0.234 e. The Hall–Kier alpha value is -1.49. The molecule has 1 heterocycles. The molecule has 1 rings (SSSR count). The molecule has 0 radical (unpaired) electrons. The molecule has 0 spiro atoms. The predicted molar refractivity (Wildman–Crippen MR) is 57.2 cm³/mol. The molecule has 0 aliphatic carbocycles. The van der Waals surface area contributed by atoms with Crippen molar-refractivity contribution in [3.05, 3.63) is 23.8 Å². The number of nitrogens with zero attached hydrogens (tertiary/aromatic N) is 2. The quantitative estimate of drug-likeness (QED) is 0.715. The molecular formula is C10H16N4O. The Balaban J connectivity index is 2.33. The van der Waals surface area contributed by atoms with E-state index >= 15 is 0 Å². The van der Waals surface area contributed by atoms with E-state index in [1.165, 1.54) is 0 Å². The maximum absolute atomic E-state index is 11.2. The lowest BCUT2D eigenvalue weighted by atomic mass is 10.4. The van der Waals surface area contributed by atoms with Crippen LogP contribution in [-0.2, 0) is 11.3 Å². The molecule has 1 aromatic heterocycles. The van der Waals surface area contributed by atoms with Gasteiger partial charge in [-0.05, 0) is 19.5 Å². The number of rotatable bonds is 5. The van der Waals surface area contributed by atoms with E-state index in [4.69, 9.17) is 0 Å². The Morgan fingerprint density at radius 2 is 2.33 bits per heavy atom. The molecule has 0 saturated heterocycles. The van der Waals surface area contributed by atoms with Crippen LogP contribution < -0.4 is 10.6 Å². The molecular weight excluding hydrogens is 192 g/mol. The van der Waals surface area contributed by atoms with E-state index in [1.54, 1.807) is 12.3 Å². The van der Waals surface area contributed by atoms with Gasteiger partial charge in [0.2, 0.25) is 5.91 Å². The molecule has 15 heavy (non-hydrogen) atoms. The Kier molecular flexibility index (Phi) is 4.70. The highest BCUT2D eigenvalue weighted by atomic mass is 16.1. The number of carbonyl (C=O) groups excluding carboxylic acids is 1. The number of hydrogen-bond donors (Lipinski definition) is 2. The first-order valence-corrected chi connectivity index (χ1v) is 4.98. The van der Waals surface area contributed by atoms with Crippen LogP contribution in [0.4, 0.5) is 0 Å². The van der Waals surface area contributed by atoms with E-state index in [0.29, 0.717) is 18.9 Å². The van der Waals surface area contributed by atoms with Crippen molar-refractivity contribution in [3.8, 4) is 0 Å². The first-order valence-electron chi connectivity index (χ1n) is 4.98. The van der Waals surface area contributed by atoms with Crippen LogP contribution in [0, 0.1) is 6.92 Å². The van der Waals surface area contributed by atoms with Gasteiger partial charge in [0.15, 0.2) is 0 Å². The van der Waals surface area contributed by atoms with Crippen molar-refractivity contribution in [1.29, 1.82) is 0 Å². The second-order valence-electron chi connectivity index (χ2n) is 3.15. The molecule has 82 valence electrons. The summed E-state index contributed by atoms with van der Waals surface area (Å²) in [4.78, 5) is 19.4. The van der Waals surface area contributed by atoms with Crippen molar-refractivity contribution in [3.63, 3.8) is 0 Å². The molecule has 0 fully saturated rings. The number of carbonyl (C=O) groups is 1. The Bertz CT molecular complexity index is 327. The summed E-state index contributed by atoms with van der Waals surface area (Å²) in [5, 5.41) is 5.72. The van der Waals surface area contributed by atoms with Gasteiger partial charge < -0.3 is 10.6 Å². The SMILES string of the molecule is CCNCC(=O)NCc1ccnc(C)n1. The minimum atomic E-state index is -0.0203. The van der Waals surface area contributed by atoms with Crippen LogP contribution in [0.5, 0.6) is 0 Å². The summed E-state index contributed by atoms with van der Waals surface area (Å²) in [7, 11) is 0. The van der Waals surface area contributed by atoms with E-state index in [9.17, 15) is 4.79 Å². The van der Waals surface area contributed by atoms with Gasteiger partial charge in [0, 0.05) is 6.20 Å².